The molecule has 0 bridgehead atoms. The maximum absolute atomic E-state index is 12.9. The number of benzene rings is 3. The van der Waals surface area contributed by atoms with Crippen LogP contribution in [0.3, 0.4) is 0 Å². The molecule has 1 amide bonds. The number of anilines is 2. The van der Waals surface area contributed by atoms with Crippen LogP contribution in [0.25, 0.3) is 0 Å². The van der Waals surface area contributed by atoms with Gasteiger partial charge in [0, 0.05) is 12.7 Å². The summed E-state index contributed by atoms with van der Waals surface area (Å²) in [5.74, 6) is 1.17. The molecule has 3 aromatic rings. The summed E-state index contributed by atoms with van der Waals surface area (Å²) in [6.07, 6.45) is 0. The minimum Gasteiger partial charge on any atom is -0.497 e. The van der Waals surface area contributed by atoms with Crippen LogP contribution < -0.4 is 19.1 Å². The Kier molecular flexibility index (Phi) is 4.63. The van der Waals surface area contributed by atoms with E-state index in [1.807, 2.05) is 12.1 Å². The molecule has 1 N–H and O–H groups in total. The Morgan fingerprint density at radius 1 is 0.966 bits per heavy atom. The average Bonchev–Trinajstić information content (AvgIpc) is 2.83. The second-order valence-electron chi connectivity index (χ2n) is 6.43. The van der Waals surface area contributed by atoms with E-state index in [0.29, 0.717) is 22.9 Å². The SMILES string of the molecule is COc1ccc(S(=O)(=O)Nc2ccc3c(c2)C(=O)N(C)c2ccccc2O3)cc1. The number of nitrogens with zero attached hydrogens (tertiary/aromatic N) is 1. The molecule has 1 aliphatic rings. The highest BCUT2D eigenvalue weighted by atomic mass is 32.2. The van der Waals surface area contributed by atoms with Gasteiger partial charge in [-0.3, -0.25) is 9.52 Å². The number of methoxy groups -OCH3 is 1. The molecule has 29 heavy (non-hydrogen) atoms. The van der Waals surface area contributed by atoms with Crippen LogP contribution in [0, 0.1) is 0 Å². The number of fused-ring (bicyclic) bond motifs is 2. The Labute approximate surface area is 168 Å². The molecule has 3 aromatic carbocycles. The first-order valence-electron chi connectivity index (χ1n) is 8.75. The van der Waals surface area contributed by atoms with Gasteiger partial charge >= 0.3 is 0 Å². The predicted molar refractivity (Wildman–Crippen MR) is 109 cm³/mol. The molecular weight excluding hydrogens is 392 g/mol. The lowest BCUT2D eigenvalue weighted by molar-refractivity contribution is 0.0993. The van der Waals surface area contributed by atoms with E-state index in [1.165, 1.54) is 30.2 Å². The molecule has 8 heteroatoms. The summed E-state index contributed by atoms with van der Waals surface area (Å²) >= 11 is 0. The highest BCUT2D eigenvalue weighted by molar-refractivity contribution is 7.92. The monoisotopic (exact) mass is 410 g/mol. The molecule has 0 spiro atoms. The molecule has 4 rings (SSSR count). The number of hydrogen-bond donors (Lipinski definition) is 1. The zero-order chi connectivity index (χ0) is 20.6. The molecule has 0 radical (unpaired) electrons. The molecular formula is C21H18N2O5S. The highest BCUT2D eigenvalue weighted by Gasteiger charge is 2.26. The van der Waals surface area contributed by atoms with E-state index in [-0.39, 0.29) is 22.1 Å². The first-order valence-corrected chi connectivity index (χ1v) is 10.2. The van der Waals surface area contributed by atoms with E-state index in [4.69, 9.17) is 9.47 Å². The zero-order valence-corrected chi connectivity index (χ0v) is 16.6. The predicted octanol–water partition coefficient (Wildman–Crippen LogP) is 3.88. The van der Waals surface area contributed by atoms with Crippen LogP contribution in [0.5, 0.6) is 17.2 Å². The van der Waals surface area contributed by atoms with Gasteiger partial charge in [0.1, 0.15) is 11.5 Å². The first kappa shape index (κ1) is 18.8. The van der Waals surface area contributed by atoms with Crippen molar-refractivity contribution in [3.63, 3.8) is 0 Å². The molecule has 0 saturated carbocycles. The second kappa shape index (κ2) is 7.14. The van der Waals surface area contributed by atoms with Crippen LogP contribution in [0.1, 0.15) is 10.4 Å². The Morgan fingerprint density at radius 3 is 2.41 bits per heavy atom. The molecule has 1 aliphatic heterocycles. The van der Waals surface area contributed by atoms with Gasteiger partial charge in [0.05, 0.1) is 23.3 Å². The van der Waals surface area contributed by atoms with Crippen molar-refractivity contribution in [1.29, 1.82) is 0 Å². The maximum Gasteiger partial charge on any atom is 0.261 e. The van der Waals surface area contributed by atoms with Crippen molar-refractivity contribution in [2.24, 2.45) is 0 Å². The second-order valence-corrected chi connectivity index (χ2v) is 8.11. The van der Waals surface area contributed by atoms with Crippen LogP contribution >= 0.6 is 0 Å². The highest BCUT2D eigenvalue weighted by Crippen LogP contribution is 2.39. The number of hydrogen-bond acceptors (Lipinski definition) is 5. The lowest BCUT2D eigenvalue weighted by Crippen LogP contribution is -2.25. The summed E-state index contributed by atoms with van der Waals surface area (Å²) < 4.78 is 38.8. The summed E-state index contributed by atoms with van der Waals surface area (Å²) in [6.45, 7) is 0. The van der Waals surface area contributed by atoms with Crippen LogP contribution in [-0.2, 0) is 10.0 Å². The summed E-state index contributed by atoms with van der Waals surface area (Å²) in [4.78, 5) is 14.5. The molecule has 0 atom stereocenters. The van der Waals surface area contributed by atoms with Crippen molar-refractivity contribution in [2.45, 2.75) is 4.90 Å². The summed E-state index contributed by atoms with van der Waals surface area (Å²) in [5.41, 5.74) is 1.16. The zero-order valence-electron chi connectivity index (χ0n) is 15.7. The van der Waals surface area contributed by atoms with Crippen LogP contribution in [-0.4, -0.2) is 28.5 Å². The Hall–Kier alpha value is -3.52. The fraction of sp³-hybridized carbons (Fsp3) is 0.0952. The molecule has 0 fully saturated rings. The van der Waals surface area contributed by atoms with E-state index in [2.05, 4.69) is 4.72 Å². The quantitative estimate of drug-likeness (QED) is 0.706. The number of carbonyl (C=O) groups is 1. The normalized spacial score (nSPS) is 13.0. The number of rotatable bonds is 4. The summed E-state index contributed by atoms with van der Waals surface area (Å²) in [7, 11) is -0.677. The van der Waals surface area contributed by atoms with E-state index in [9.17, 15) is 13.2 Å². The van der Waals surface area contributed by atoms with Gasteiger partial charge in [-0.1, -0.05) is 12.1 Å². The minimum atomic E-state index is -3.83. The first-order chi connectivity index (χ1) is 13.9. The fourth-order valence-electron chi connectivity index (χ4n) is 3.05. The van der Waals surface area contributed by atoms with Crippen molar-refractivity contribution in [3.8, 4) is 17.2 Å². The van der Waals surface area contributed by atoms with Gasteiger partial charge in [-0.2, -0.15) is 0 Å². The molecule has 0 unspecified atom stereocenters. The summed E-state index contributed by atoms with van der Waals surface area (Å²) in [5, 5.41) is 0. The van der Waals surface area contributed by atoms with Crippen molar-refractivity contribution >= 4 is 27.3 Å². The average molecular weight is 410 g/mol. The van der Waals surface area contributed by atoms with E-state index in [1.54, 1.807) is 43.4 Å². The Balaban J connectivity index is 1.67. The van der Waals surface area contributed by atoms with E-state index >= 15 is 0 Å². The van der Waals surface area contributed by atoms with Gasteiger partial charge in [-0.05, 0) is 54.6 Å². The number of carbonyl (C=O) groups excluding carboxylic acids is 1. The fourth-order valence-corrected chi connectivity index (χ4v) is 4.10. The van der Waals surface area contributed by atoms with E-state index < -0.39 is 10.0 Å². The van der Waals surface area contributed by atoms with Gasteiger partial charge in [0.15, 0.2) is 5.75 Å². The minimum absolute atomic E-state index is 0.0837. The van der Waals surface area contributed by atoms with Gasteiger partial charge in [0.25, 0.3) is 15.9 Å². The van der Waals surface area contributed by atoms with Gasteiger partial charge in [-0.15, -0.1) is 0 Å². The third-order valence-corrected chi connectivity index (χ3v) is 5.98. The third kappa shape index (κ3) is 3.50. The molecule has 148 valence electrons. The number of ether oxygens (including phenoxy) is 2. The molecule has 1 heterocycles. The van der Waals surface area contributed by atoms with Gasteiger partial charge in [-0.25, -0.2) is 8.42 Å². The van der Waals surface area contributed by atoms with Crippen molar-refractivity contribution in [3.05, 3.63) is 72.3 Å². The van der Waals surface area contributed by atoms with Gasteiger partial charge in [0.2, 0.25) is 0 Å². The largest absolute Gasteiger partial charge is 0.497 e. The maximum atomic E-state index is 12.9. The topological polar surface area (TPSA) is 84.9 Å². The van der Waals surface area contributed by atoms with Crippen LogP contribution in [0.2, 0.25) is 0 Å². The molecule has 0 aromatic heterocycles. The van der Waals surface area contributed by atoms with Crippen LogP contribution in [0.15, 0.2) is 71.6 Å². The lowest BCUT2D eigenvalue weighted by atomic mass is 10.1. The van der Waals surface area contributed by atoms with Crippen LogP contribution in [0.4, 0.5) is 11.4 Å². The van der Waals surface area contributed by atoms with Gasteiger partial charge < -0.3 is 14.4 Å². The molecule has 0 saturated heterocycles. The Morgan fingerprint density at radius 2 is 1.69 bits per heavy atom. The third-order valence-electron chi connectivity index (χ3n) is 4.58. The standard InChI is InChI=1S/C21H18N2O5S/c1-23-18-5-3-4-6-20(18)28-19-12-7-14(13-17(19)21(23)24)22-29(25,26)16-10-8-15(27-2)9-11-16/h3-13,22H,1-2H3. The number of amides is 1. The van der Waals surface area contributed by atoms with Crippen molar-refractivity contribution < 1.29 is 22.7 Å². The molecule has 7 nitrogen and oxygen atoms in total. The number of para-hydroxylation sites is 2. The van der Waals surface area contributed by atoms with E-state index in [0.717, 1.165) is 0 Å². The number of nitrogens with one attached hydrogen (secondary N) is 1. The smallest absolute Gasteiger partial charge is 0.261 e. The van der Waals surface area contributed by atoms with Crippen molar-refractivity contribution in [1.82, 2.24) is 0 Å². The number of sulfonamides is 1. The van der Waals surface area contributed by atoms with Crippen molar-refractivity contribution in [2.75, 3.05) is 23.8 Å². The lowest BCUT2D eigenvalue weighted by Gasteiger charge is -2.16. The Bertz CT molecular complexity index is 1190. The summed E-state index contributed by atoms with van der Waals surface area (Å²) in [6, 6.07) is 17.8. The molecule has 0 aliphatic carbocycles.